The maximum absolute atomic E-state index is 13.5. The fourth-order valence-electron chi connectivity index (χ4n) is 1.21. The zero-order valence-corrected chi connectivity index (χ0v) is 10.6. The molecule has 0 aromatic heterocycles. The van der Waals surface area contributed by atoms with E-state index in [1.165, 1.54) is 12.1 Å². The van der Waals surface area contributed by atoms with Gasteiger partial charge in [0, 0.05) is 6.54 Å². The Morgan fingerprint density at radius 2 is 2.17 bits per heavy atom. The van der Waals surface area contributed by atoms with Gasteiger partial charge in [0.15, 0.2) is 0 Å². The molecule has 0 amide bonds. The lowest BCUT2D eigenvalue weighted by Gasteiger charge is -2.08. The third-order valence-corrected chi connectivity index (χ3v) is 3.05. The molecule has 0 saturated heterocycles. The number of benzene rings is 1. The van der Waals surface area contributed by atoms with Crippen molar-refractivity contribution >= 4 is 15.9 Å². The molecule has 4 N–H and O–H groups in total. The van der Waals surface area contributed by atoms with Crippen molar-refractivity contribution in [2.45, 2.75) is 6.92 Å². The number of hydrogen-bond acceptors (Lipinski definition) is 3. The van der Waals surface area contributed by atoms with Crippen LogP contribution in [0, 0.1) is 17.7 Å². The molecule has 1 aromatic carbocycles. The molecule has 0 saturated carbocycles. The molecule has 0 aliphatic rings. The Hall–Kier alpha value is -1.62. The maximum atomic E-state index is 13.5. The molecule has 0 heterocycles. The quantitative estimate of drug-likeness (QED) is 0.693. The maximum Gasteiger partial charge on any atom is 0.299 e. The summed E-state index contributed by atoms with van der Waals surface area (Å²) in [6.45, 7) is 2.03. The van der Waals surface area contributed by atoms with Crippen molar-refractivity contribution in [1.29, 1.82) is 0 Å². The molecule has 0 atom stereocenters. The number of anilines is 1. The van der Waals surface area contributed by atoms with E-state index in [0.717, 1.165) is 6.07 Å². The normalized spacial score (nSPS) is 10.6. The van der Waals surface area contributed by atoms with E-state index in [0.29, 0.717) is 0 Å². The van der Waals surface area contributed by atoms with E-state index in [4.69, 9.17) is 5.73 Å². The predicted octanol–water partition coefficient (Wildman–Crippen LogP) is 0.402. The second-order valence-corrected chi connectivity index (χ2v) is 4.80. The molecule has 18 heavy (non-hydrogen) atoms. The summed E-state index contributed by atoms with van der Waals surface area (Å²) in [4.78, 5) is 0. The van der Waals surface area contributed by atoms with Gasteiger partial charge in [-0.2, -0.15) is 13.1 Å². The average molecular weight is 271 g/mol. The van der Waals surface area contributed by atoms with E-state index in [1.807, 2.05) is 0 Å². The molecular weight excluding hydrogens is 257 g/mol. The van der Waals surface area contributed by atoms with Gasteiger partial charge in [-0.1, -0.05) is 18.8 Å². The second-order valence-electron chi connectivity index (χ2n) is 3.30. The van der Waals surface area contributed by atoms with Crippen LogP contribution in [0.4, 0.5) is 10.1 Å². The summed E-state index contributed by atoms with van der Waals surface area (Å²) in [5.74, 6) is 4.46. The number of rotatable bonds is 4. The lowest BCUT2D eigenvalue weighted by molar-refractivity contribution is 0.589. The standard InChI is InChI=1S/C11H14FN3O2S/c1-2-14-18(16,17)15-10-6-5-9(4-3-7-13)11(12)8-10/h5-6,8,14-15H,2,7,13H2,1H3. The van der Waals surface area contributed by atoms with Crippen LogP contribution in [0.25, 0.3) is 0 Å². The highest BCUT2D eigenvalue weighted by Crippen LogP contribution is 2.14. The molecule has 0 radical (unpaired) electrons. The molecule has 5 nitrogen and oxygen atoms in total. The first-order valence-electron chi connectivity index (χ1n) is 5.24. The molecule has 0 spiro atoms. The first-order chi connectivity index (χ1) is 8.48. The largest absolute Gasteiger partial charge is 0.320 e. The Morgan fingerprint density at radius 1 is 1.44 bits per heavy atom. The molecule has 7 heteroatoms. The molecule has 1 aromatic rings. The minimum atomic E-state index is -3.65. The van der Waals surface area contributed by atoms with Crippen LogP contribution >= 0.6 is 0 Å². The Morgan fingerprint density at radius 3 is 2.72 bits per heavy atom. The first kappa shape index (κ1) is 14.4. The highest BCUT2D eigenvalue weighted by Gasteiger charge is 2.09. The van der Waals surface area contributed by atoms with E-state index in [2.05, 4.69) is 21.3 Å². The summed E-state index contributed by atoms with van der Waals surface area (Å²) in [5, 5.41) is 0. The molecule has 1 rings (SSSR count). The van der Waals surface area contributed by atoms with Gasteiger partial charge in [-0.25, -0.2) is 4.39 Å². The van der Waals surface area contributed by atoms with Crippen LogP contribution in [0.5, 0.6) is 0 Å². The first-order valence-corrected chi connectivity index (χ1v) is 6.72. The van der Waals surface area contributed by atoms with Crippen LogP contribution in [-0.2, 0) is 10.2 Å². The van der Waals surface area contributed by atoms with Crippen LogP contribution in [0.15, 0.2) is 18.2 Å². The van der Waals surface area contributed by atoms with Crippen molar-refractivity contribution < 1.29 is 12.8 Å². The van der Waals surface area contributed by atoms with Gasteiger partial charge < -0.3 is 5.73 Å². The Kier molecular flexibility index (Phi) is 5.09. The predicted molar refractivity (Wildman–Crippen MR) is 68.6 cm³/mol. The van der Waals surface area contributed by atoms with Crippen molar-refractivity contribution in [2.24, 2.45) is 5.73 Å². The van der Waals surface area contributed by atoms with E-state index in [-0.39, 0.29) is 24.3 Å². The van der Waals surface area contributed by atoms with Gasteiger partial charge in [0.05, 0.1) is 17.8 Å². The Balaban J connectivity index is 2.92. The van der Waals surface area contributed by atoms with Crippen LogP contribution in [0.1, 0.15) is 12.5 Å². The number of nitrogens with two attached hydrogens (primary N) is 1. The zero-order chi connectivity index (χ0) is 13.6. The summed E-state index contributed by atoms with van der Waals surface area (Å²) in [6, 6.07) is 3.88. The molecule has 0 bridgehead atoms. The minimum absolute atomic E-state index is 0.131. The monoisotopic (exact) mass is 271 g/mol. The van der Waals surface area contributed by atoms with Crippen molar-refractivity contribution in [1.82, 2.24) is 4.72 Å². The van der Waals surface area contributed by atoms with Gasteiger partial charge in [0.1, 0.15) is 5.82 Å². The average Bonchev–Trinajstić information content (AvgIpc) is 2.27. The third kappa shape index (κ3) is 4.33. The number of halogens is 1. The number of hydrogen-bond donors (Lipinski definition) is 3. The molecule has 0 aliphatic carbocycles. The lowest BCUT2D eigenvalue weighted by Crippen LogP contribution is -2.29. The van der Waals surface area contributed by atoms with Gasteiger partial charge in [0.2, 0.25) is 0 Å². The second kappa shape index (κ2) is 6.35. The van der Waals surface area contributed by atoms with Crippen molar-refractivity contribution in [3.8, 4) is 11.8 Å². The Bertz CT molecular complexity index is 576. The lowest BCUT2D eigenvalue weighted by atomic mass is 10.2. The van der Waals surface area contributed by atoms with E-state index < -0.39 is 16.0 Å². The van der Waals surface area contributed by atoms with Crippen LogP contribution < -0.4 is 15.2 Å². The van der Waals surface area contributed by atoms with E-state index in [1.54, 1.807) is 6.92 Å². The Labute approximate surface area is 106 Å². The highest BCUT2D eigenvalue weighted by atomic mass is 32.2. The van der Waals surface area contributed by atoms with Gasteiger partial charge in [-0.15, -0.1) is 0 Å². The fourth-order valence-corrected chi connectivity index (χ4v) is 2.10. The van der Waals surface area contributed by atoms with E-state index >= 15 is 0 Å². The highest BCUT2D eigenvalue weighted by molar-refractivity contribution is 7.90. The summed E-state index contributed by atoms with van der Waals surface area (Å²) in [7, 11) is -3.65. The summed E-state index contributed by atoms with van der Waals surface area (Å²) >= 11 is 0. The molecule has 0 unspecified atom stereocenters. The minimum Gasteiger partial charge on any atom is -0.320 e. The smallest absolute Gasteiger partial charge is 0.299 e. The molecule has 0 aliphatic heterocycles. The van der Waals surface area contributed by atoms with Gasteiger partial charge in [-0.3, -0.25) is 4.72 Å². The zero-order valence-electron chi connectivity index (χ0n) is 9.83. The molecular formula is C11H14FN3O2S. The van der Waals surface area contributed by atoms with Crippen molar-refractivity contribution in [2.75, 3.05) is 17.8 Å². The molecule has 98 valence electrons. The van der Waals surface area contributed by atoms with Crippen LogP contribution in [0.3, 0.4) is 0 Å². The van der Waals surface area contributed by atoms with E-state index in [9.17, 15) is 12.8 Å². The number of nitrogens with one attached hydrogen (secondary N) is 2. The van der Waals surface area contributed by atoms with Gasteiger partial charge in [-0.05, 0) is 18.2 Å². The third-order valence-electron chi connectivity index (χ3n) is 1.88. The summed E-state index contributed by atoms with van der Waals surface area (Å²) in [6.07, 6.45) is 0. The SMILES string of the molecule is CCNS(=O)(=O)Nc1ccc(C#CCN)c(F)c1. The van der Waals surface area contributed by atoms with Crippen LogP contribution in [-0.4, -0.2) is 21.5 Å². The summed E-state index contributed by atoms with van der Waals surface area (Å²) < 4.78 is 40.7. The van der Waals surface area contributed by atoms with Crippen LogP contribution in [0.2, 0.25) is 0 Å². The van der Waals surface area contributed by atoms with Gasteiger partial charge >= 0.3 is 0 Å². The molecule has 0 fully saturated rings. The van der Waals surface area contributed by atoms with Crippen molar-refractivity contribution in [3.63, 3.8) is 0 Å². The topological polar surface area (TPSA) is 84.2 Å². The van der Waals surface area contributed by atoms with Gasteiger partial charge in [0.25, 0.3) is 10.2 Å². The fraction of sp³-hybridized carbons (Fsp3) is 0.273. The summed E-state index contributed by atoms with van der Waals surface area (Å²) in [5.41, 5.74) is 5.48. The van der Waals surface area contributed by atoms with Crippen molar-refractivity contribution in [3.05, 3.63) is 29.6 Å².